The number of fused-ring (bicyclic) bond motifs is 1. The molecule has 1 fully saturated rings. The first-order chi connectivity index (χ1) is 10.7. The van der Waals surface area contributed by atoms with E-state index < -0.39 is 0 Å². The minimum absolute atomic E-state index is 0.543. The van der Waals surface area contributed by atoms with Gasteiger partial charge in [-0.15, -0.1) is 0 Å². The molecule has 2 aliphatic rings. The van der Waals surface area contributed by atoms with Crippen molar-refractivity contribution < 1.29 is 0 Å². The van der Waals surface area contributed by atoms with Gasteiger partial charge in [-0.05, 0) is 44.4 Å². The highest BCUT2D eigenvalue weighted by atomic mass is 15.3. The second-order valence-electron chi connectivity index (χ2n) is 6.61. The van der Waals surface area contributed by atoms with Crippen LogP contribution in [-0.4, -0.2) is 55.0 Å². The molecule has 4 heteroatoms. The van der Waals surface area contributed by atoms with Crippen LogP contribution < -0.4 is 5.32 Å². The smallest absolute Gasteiger partial charge is 0.194 e. The molecule has 0 spiro atoms. The van der Waals surface area contributed by atoms with Crippen LogP contribution >= 0.6 is 0 Å². The predicted molar refractivity (Wildman–Crippen MR) is 92.2 cm³/mol. The average Bonchev–Trinajstić information content (AvgIpc) is 3.39. The molecule has 1 heterocycles. The molecule has 120 valence electrons. The van der Waals surface area contributed by atoms with Crippen LogP contribution in [0.4, 0.5) is 0 Å². The lowest BCUT2D eigenvalue weighted by molar-refractivity contribution is 0.245. The summed E-state index contributed by atoms with van der Waals surface area (Å²) in [6.45, 7) is 5.26. The Balaban J connectivity index is 1.56. The van der Waals surface area contributed by atoms with Crippen LogP contribution in [0.3, 0.4) is 0 Å². The Hall–Kier alpha value is -1.55. The molecule has 3 rings (SSSR count). The van der Waals surface area contributed by atoms with Crippen molar-refractivity contribution in [3.05, 3.63) is 35.4 Å². The molecule has 0 bridgehead atoms. The van der Waals surface area contributed by atoms with Crippen LogP contribution in [0.25, 0.3) is 0 Å². The Morgan fingerprint density at radius 1 is 1.36 bits per heavy atom. The Kier molecular flexibility index (Phi) is 4.67. The number of nitrogens with one attached hydrogen (secondary N) is 1. The van der Waals surface area contributed by atoms with Crippen molar-refractivity contribution in [3.8, 4) is 0 Å². The molecule has 1 saturated carbocycles. The SMILES string of the molecule is CN=C(NCC(C)N(C)C1CC1)N1CCc2ccccc2C1. The number of aliphatic imine (C=N–C) groups is 1. The van der Waals surface area contributed by atoms with Crippen LogP contribution in [0.1, 0.15) is 30.9 Å². The highest BCUT2D eigenvalue weighted by molar-refractivity contribution is 5.80. The molecule has 4 nitrogen and oxygen atoms in total. The van der Waals surface area contributed by atoms with Gasteiger partial charge in [0.05, 0.1) is 0 Å². The highest BCUT2D eigenvalue weighted by Crippen LogP contribution is 2.26. The van der Waals surface area contributed by atoms with Gasteiger partial charge in [-0.25, -0.2) is 0 Å². The fourth-order valence-electron chi connectivity index (χ4n) is 3.23. The summed E-state index contributed by atoms with van der Waals surface area (Å²) in [4.78, 5) is 9.35. The fraction of sp³-hybridized carbons (Fsp3) is 0.611. The van der Waals surface area contributed by atoms with Gasteiger partial charge in [0.25, 0.3) is 0 Å². The average molecular weight is 300 g/mol. The predicted octanol–water partition coefficient (Wildman–Crippen LogP) is 2.10. The lowest BCUT2D eigenvalue weighted by atomic mass is 10.0. The summed E-state index contributed by atoms with van der Waals surface area (Å²) in [5, 5.41) is 3.57. The zero-order valence-corrected chi connectivity index (χ0v) is 14.0. The van der Waals surface area contributed by atoms with E-state index in [4.69, 9.17) is 0 Å². The van der Waals surface area contributed by atoms with Crippen LogP contribution in [0.2, 0.25) is 0 Å². The molecule has 0 radical (unpaired) electrons. The largest absolute Gasteiger partial charge is 0.355 e. The number of guanidine groups is 1. The molecule has 1 aliphatic carbocycles. The standard InChI is InChI=1S/C18H28N4/c1-14(21(3)17-8-9-17)12-20-18(19-2)22-11-10-15-6-4-5-7-16(15)13-22/h4-7,14,17H,8-13H2,1-3H3,(H,19,20). The monoisotopic (exact) mass is 300 g/mol. The Morgan fingerprint density at radius 2 is 2.09 bits per heavy atom. The zero-order chi connectivity index (χ0) is 15.5. The van der Waals surface area contributed by atoms with Crippen molar-refractivity contribution in [3.63, 3.8) is 0 Å². The van der Waals surface area contributed by atoms with Crippen molar-refractivity contribution in [1.29, 1.82) is 0 Å². The number of likely N-dealkylation sites (N-methyl/N-ethyl adjacent to an activating group) is 1. The van der Waals surface area contributed by atoms with Crippen LogP contribution in [0.15, 0.2) is 29.3 Å². The van der Waals surface area contributed by atoms with Crippen LogP contribution in [0.5, 0.6) is 0 Å². The van der Waals surface area contributed by atoms with Crippen LogP contribution in [-0.2, 0) is 13.0 Å². The minimum atomic E-state index is 0.543. The first kappa shape index (κ1) is 15.3. The second kappa shape index (κ2) is 6.69. The summed E-state index contributed by atoms with van der Waals surface area (Å²) in [5.74, 6) is 1.03. The van der Waals surface area contributed by atoms with Gasteiger partial charge in [-0.1, -0.05) is 24.3 Å². The summed E-state index contributed by atoms with van der Waals surface area (Å²) in [6, 6.07) is 10.1. The maximum Gasteiger partial charge on any atom is 0.194 e. The van der Waals surface area contributed by atoms with Gasteiger partial charge >= 0.3 is 0 Å². The quantitative estimate of drug-likeness (QED) is 0.682. The molecule has 1 unspecified atom stereocenters. The summed E-state index contributed by atoms with van der Waals surface area (Å²) >= 11 is 0. The van der Waals surface area contributed by atoms with Crippen molar-refractivity contribution >= 4 is 5.96 Å². The lowest BCUT2D eigenvalue weighted by Gasteiger charge is -2.33. The van der Waals surface area contributed by atoms with E-state index in [1.807, 2.05) is 7.05 Å². The Labute approximate surface area is 134 Å². The van der Waals surface area contributed by atoms with E-state index in [0.717, 1.165) is 38.1 Å². The van der Waals surface area contributed by atoms with Gasteiger partial charge in [-0.2, -0.15) is 0 Å². The van der Waals surface area contributed by atoms with Gasteiger partial charge in [-0.3, -0.25) is 9.89 Å². The molecule has 1 atom stereocenters. The maximum absolute atomic E-state index is 4.49. The topological polar surface area (TPSA) is 30.9 Å². The van der Waals surface area contributed by atoms with Crippen molar-refractivity contribution in [2.45, 2.75) is 44.8 Å². The summed E-state index contributed by atoms with van der Waals surface area (Å²) in [7, 11) is 4.13. The molecule has 1 aromatic carbocycles. The zero-order valence-electron chi connectivity index (χ0n) is 14.0. The van der Waals surface area contributed by atoms with E-state index in [1.165, 1.54) is 24.0 Å². The molecular weight excluding hydrogens is 272 g/mol. The Bertz CT molecular complexity index is 536. The molecular formula is C18H28N4. The van der Waals surface area contributed by atoms with Gasteiger partial charge in [0.1, 0.15) is 0 Å². The summed E-state index contributed by atoms with van der Waals surface area (Å²) < 4.78 is 0. The third-order valence-corrected chi connectivity index (χ3v) is 5.02. The molecule has 0 saturated heterocycles. The normalized spacial score (nSPS) is 20.0. The van der Waals surface area contributed by atoms with Crippen molar-refractivity contribution in [1.82, 2.24) is 15.1 Å². The Morgan fingerprint density at radius 3 is 2.77 bits per heavy atom. The van der Waals surface area contributed by atoms with E-state index in [9.17, 15) is 0 Å². The number of hydrogen-bond acceptors (Lipinski definition) is 2. The minimum Gasteiger partial charge on any atom is -0.355 e. The number of hydrogen-bond donors (Lipinski definition) is 1. The molecule has 0 amide bonds. The fourth-order valence-corrected chi connectivity index (χ4v) is 3.23. The highest BCUT2D eigenvalue weighted by Gasteiger charge is 2.29. The van der Waals surface area contributed by atoms with E-state index >= 15 is 0 Å². The summed E-state index contributed by atoms with van der Waals surface area (Å²) in [5.41, 5.74) is 2.91. The van der Waals surface area contributed by atoms with E-state index in [0.29, 0.717) is 6.04 Å². The first-order valence-corrected chi connectivity index (χ1v) is 8.43. The van der Waals surface area contributed by atoms with E-state index in [-0.39, 0.29) is 0 Å². The molecule has 0 aromatic heterocycles. The van der Waals surface area contributed by atoms with Crippen LogP contribution in [0, 0.1) is 0 Å². The molecule has 22 heavy (non-hydrogen) atoms. The van der Waals surface area contributed by atoms with Gasteiger partial charge in [0.2, 0.25) is 0 Å². The third kappa shape index (κ3) is 3.43. The van der Waals surface area contributed by atoms with Gasteiger partial charge in [0.15, 0.2) is 5.96 Å². The van der Waals surface area contributed by atoms with E-state index in [2.05, 4.69) is 58.3 Å². The third-order valence-electron chi connectivity index (χ3n) is 5.02. The second-order valence-corrected chi connectivity index (χ2v) is 6.61. The van der Waals surface area contributed by atoms with Gasteiger partial charge in [0, 0.05) is 38.8 Å². The van der Waals surface area contributed by atoms with Gasteiger partial charge < -0.3 is 10.2 Å². The lowest BCUT2D eigenvalue weighted by Crippen LogP contribution is -2.48. The van der Waals surface area contributed by atoms with Crippen molar-refractivity contribution in [2.75, 3.05) is 27.2 Å². The number of nitrogens with zero attached hydrogens (tertiary/aromatic N) is 3. The number of benzene rings is 1. The van der Waals surface area contributed by atoms with E-state index in [1.54, 1.807) is 0 Å². The maximum atomic E-state index is 4.49. The van der Waals surface area contributed by atoms with Crippen molar-refractivity contribution in [2.24, 2.45) is 4.99 Å². The molecule has 1 N–H and O–H groups in total. The molecule has 1 aromatic rings. The first-order valence-electron chi connectivity index (χ1n) is 8.43. The molecule has 1 aliphatic heterocycles. The summed E-state index contributed by atoms with van der Waals surface area (Å²) in [6.07, 6.45) is 3.82. The number of rotatable bonds is 4.